The second-order valence-corrected chi connectivity index (χ2v) is 6.17. The number of para-hydroxylation sites is 1. The largest absolute Gasteiger partial charge is 0.369 e. The molecule has 1 aromatic carbocycles. The van der Waals surface area contributed by atoms with E-state index >= 15 is 0 Å². The van der Waals surface area contributed by atoms with Crippen LogP contribution in [0.25, 0.3) is 0 Å². The van der Waals surface area contributed by atoms with Gasteiger partial charge < -0.3 is 10.2 Å². The van der Waals surface area contributed by atoms with E-state index in [1.54, 1.807) is 0 Å². The minimum Gasteiger partial charge on any atom is -0.369 e. The molecular weight excluding hydrogens is 262 g/mol. The maximum atomic E-state index is 12.1. The zero-order valence-electron chi connectivity index (χ0n) is 13.4. The summed E-state index contributed by atoms with van der Waals surface area (Å²) < 4.78 is 0. The summed E-state index contributed by atoms with van der Waals surface area (Å²) in [7, 11) is 0. The van der Waals surface area contributed by atoms with Crippen LogP contribution in [0.4, 0.5) is 5.69 Å². The third-order valence-electron chi connectivity index (χ3n) is 4.05. The standard InChI is InChI=1S/C17H27N3O/c1-14(2)13-18-17(21)15(3)19-9-11-20(12-10-19)16-7-5-4-6-8-16/h4-8,14-15H,9-13H2,1-3H3,(H,18,21)/t15-/m1/s1. The van der Waals surface area contributed by atoms with E-state index in [0.29, 0.717) is 5.92 Å². The van der Waals surface area contributed by atoms with Crippen molar-refractivity contribution in [1.29, 1.82) is 0 Å². The van der Waals surface area contributed by atoms with Crippen LogP contribution >= 0.6 is 0 Å². The molecule has 0 saturated carbocycles. The van der Waals surface area contributed by atoms with Crippen LogP contribution < -0.4 is 10.2 Å². The number of rotatable bonds is 5. The Kier molecular flexibility index (Phi) is 5.62. The highest BCUT2D eigenvalue weighted by Gasteiger charge is 2.25. The normalized spacial score (nSPS) is 17.8. The zero-order valence-corrected chi connectivity index (χ0v) is 13.4. The molecule has 0 aliphatic carbocycles. The van der Waals surface area contributed by atoms with Crippen LogP contribution in [0.2, 0.25) is 0 Å². The van der Waals surface area contributed by atoms with E-state index in [1.807, 2.05) is 13.0 Å². The van der Waals surface area contributed by atoms with E-state index in [1.165, 1.54) is 5.69 Å². The lowest BCUT2D eigenvalue weighted by Gasteiger charge is -2.38. The van der Waals surface area contributed by atoms with Crippen molar-refractivity contribution in [1.82, 2.24) is 10.2 Å². The molecule has 1 atom stereocenters. The SMILES string of the molecule is CC(C)CNC(=O)[C@@H](C)N1CCN(c2ccccc2)CC1. The maximum Gasteiger partial charge on any atom is 0.237 e. The quantitative estimate of drug-likeness (QED) is 0.900. The van der Waals surface area contributed by atoms with Gasteiger partial charge in [0.25, 0.3) is 0 Å². The van der Waals surface area contributed by atoms with Gasteiger partial charge in [0.05, 0.1) is 6.04 Å². The Morgan fingerprint density at radius 2 is 1.71 bits per heavy atom. The Morgan fingerprint density at radius 3 is 2.29 bits per heavy atom. The molecule has 1 fully saturated rings. The third kappa shape index (κ3) is 4.46. The minimum atomic E-state index is -0.0401. The smallest absolute Gasteiger partial charge is 0.237 e. The summed E-state index contributed by atoms with van der Waals surface area (Å²) in [5.74, 6) is 0.646. The van der Waals surface area contributed by atoms with Crippen molar-refractivity contribution in [3.63, 3.8) is 0 Å². The Bertz CT molecular complexity index is 439. The highest BCUT2D eigenvalue weighted by Crippen LogP contribution is 2.16. The van der Waals surface area contributed by atoms with Crippen LogP contribution in [0.15, 0.2) is 30.3 Å². The van der Waals surface area contributed by atoms with Gasteiger partial charge in [-0.3, -0.25) is 9.69 Å². The first kappa shape index (κ1) is 15.8. The van der Waals surface area contributed by atoms with Crippen molar-refractivity contribution in [2.75, 3.05) is 37.6 Å². The van der Waals surface area contributed by atoms with E-state index in [0.717, 1.165) is 32.7 Å². The lowest BCUT2D eigenvalue weighted by atomic mass is 10.2. The summed E-state index contributed by atoms with van der Waals surface area (Å²) in [6, 6.07) is 10.4. The fourth-order valence-corrected chi connectivity index (χ4v) is 2.62. The van der Waals surface area contributed by atoms with Crippen molar-refractivity contribution in [2.45, 2.75) is 26.8 Å². The molecule has 1 saturated heterocycles. The number of carbonyl (C=O) groups excluding carboxylic acids is 1. The molecule has 1 amide bonds. The lowest BCUT2D eigenvalue weighted by Crippen LogP contribution is -2.54. The second-order valence-electron chi connectivity index (χ2n) is 6.17. The molecule has 116 valence electrons. The predicted octanol–water partition coefficient (Wildman–Crippen LogP) is 1.97. The molecule has 1 N–H and O–H groups in total. The molecular formula is C17H27N3O. The van der Waals surface area contributed by atoms with Crippen LogP contribution in [-0.2, 0) is 4.79 Å². The molecule has 4 nitrogen and oxygen atoms in total. The molecule has 1 heterocycles. The minimum absolute atomic E-state index is 0.0401. The summed E-state index contributed by atoms with van der Waals surface area (Å²) in [6.45, 7) is 10.8. The average Bonchev–Trinajstić information content (AvgIpc) is 2.53. The number of benzene rings is 1. The van der Waals surface area contributed by atoms with E-state index in [4.69, 9.17) is 0 Å². The summed E-state index contributed by atoms with van der Waals surface area (Å²) in [5, 5.41) is 3.03. The van der Waals surface area contributed by atoms with Crippen molar-refractivity contribution < 1.29 is 4.79 Å². The summed E-state index contributed by atoms with van der Waals surface area (Å²) in [5.41, 5.74) is 1.27. The molecule has 2 rings (SSSR count). The molecule has 0 bridgehead atoms. The number of hydrogen-bond donors (Lipinski definition) is 1. The van der Waals surface area contributed by atoms with E-state index in [-0.39, 0.29) is 11.9 Å². The predicted molar refractivity (Wildman–Crippen MR) is 87.5 cm³/mol. The Hall–Kier alpha value is -1.55. The number of nitrogens with zero attached hydrogens (tertiary/aromatic N) is 2. The highest BCUT2D eigenvalue weighted by molar-refractivity contribution is 5.81. The molecule has 0 unspecified atom stereocenters. The average molecular weight is 289 g/mol. The zero-order chi connectivity index (χ0) is 15.2. The number of nitrogens with one attached hydrogen (secondary N) is 1. The number of amides is 1. The van der Waals surface area contributed by atoms with Gasteiger partial charge in [0.1, 0.15) is 0 Å². The molecule has 1 aliphatic rings. The summed E-state index contributed by atoms with van der Waals surface area (Å²) in [4.78, 5) is 16.8. The first-order valence-electron chi connectivity index (χ1n) is 7.89. The van der Waals surface area contributed by atoms with Gasteiger partial charge in [-0.2, -0.15) is 0 Å². The van der Waals surface area contributed by atoms with Crippen LogP contribution in [0, 0.1) is 5.92 Å². The first-order valence-corrected chi connectivity index (χ1v) is 7.89. The third-order valence-corrected chi connectivity index (χ3v) is 4.05. The Labute approximate surface area is 128 Å². The van der Waals surface area contributed by atoms with Crippen LogP contribution in [0.5, 0.6) is 0 Å². The number of hydrogen-bond acceptors (Lipinski definition) is 3. The molecule has 0 aromatic heterocycles. The van der Waals surface area contributed by atoms with Crippen LogP contribution in [0.1, 0.15) is 20.8 Å². The summed E-state index contributed by atoms with van der Waals surface area (Å²) >= 11 is 0. The molecule has 1 aliphatic heterocycles. The highest BCUT2D eigenvalue weighted by atomic mass is 16.2. The molecule has 21 heavy (non-hydrogen) atoms. The molecule has 0 spiro atoms. The number of anilines is 1. The fourth-order valence-electron chi connectivity index (χ4n) is 2.62. The van der Waals surface area contributed by atoms with Crippen molar-refractivity contribution in [3.05, 3.63) is 30.3 Å². The van der Waals surface area contributed by atoms with Gasteiger partial charge >= 0.3 is 0 Å². The van der Waals surface area contributed by atoms with Gasteiger partial charge in [-0.05, 0) is 25.0 Å². The maximum absolute atomic E-state index is 12.1. The fraction of sp³-hybridized carbons (Fsp3) is 0.588. The van der Waals surface area contributed by atoms with Gasteiger partial charge in [-0.15, -0.1) is 0 Å². The monoisotopic (exact) mass is 289 g/mol. The van der Waals surface area contributed by atoms with E-state index in [2.05, 4.69) is 53.2 Å². The van der Waals surface area contributed by atoms with Gasteiger partial charge in [0.2, 0.25) is 5.91 Å². The van der Waals surface area contributed by atoms with E-state index < -0.39 is 0 Å². The van der Waals surface area contributed by atoms with Crippen molar-refractivity contribution >= 4 is 11.6 Å². The van der Waals surface area contributed by atoms with Gasteiger partial charge in [0.15, 0.2) is 0 Å². The van der Waals surface area contributed by atoms with Crippen molar-refractivity contribution in [2.24, 2.45) is 5.92 Å². The van der Waals surface area contributed by atoms with Crippen LogP contribution in [0.3, 0.4) is 0 Å². The van der Waals surface area contributed by atoms with Crippen molar-refractivity contribution in [3.8, 4) is 0 Å². The van der Waals surface area contributed by atoms with Gasteiger partial charge in [-0.25, -0.2) is 0 Å². The van der Waals surface area contributed by atoms with Gasteiger partial charge in [0, 0.05) is 38.4 Å². The second kappa shape index (κ2) is 7.46. The van der Waals surface area contributed by atoms with Crippen LogP contribution in [-0.4, -0.2) is 49.6 Å². The summed E-state index contributed by atoms with van der Waals surface area (Å²) in [6.07, 6.45) is 0. The molecule has 1 aromatic rings. The Morgan fingerprint density at radius 1 is 1.10 bits per heavy atom. The molecule has 4 heteroatoms. The Balaban J connectivity index is 1.82. The first-order chi connectivity index (χ1) is 10.1. The lowest BCUT2D eigenvalue weighted by molar-refractivity contribution is -0.126. The number of piperazine rings is 1. The molecule has 0 radical (unpaired) electrons. The topological polar surface area (TPSA) is 35.6 Å². The van der Waals surface area contributed by atoms with Gasteiger partial charge in [-0.1, -0.05) is 32.0 Å². The van der Waals surface area contributed by atoms with E-state index in [9.17, 15) is 4.79 Å². The number of carbonyl (C=O) groups is 1.